The van der Waals surface area contributed by atoms with Crippen molar-refractivity contribution < 1.29 is 22.8 Å². The summed E-state index contributed by atoms with van der Waals surface area (Å²) in [5, 5.41) is 4.87. The molecule has 0 bridgehead atoms. The maximum absolute atomic E-state index is 12.8. The van der Waals surface area contributed by atoms with E-state index in [1.54, 1.807) is 6.07 Å². The molecule has 25 heavy (non-hydrogen) atoms. The lowest BCUT2D eigenvalue weighted by Gasteiger charge is -2.31. The van der Waals surface area contributed by atoms with Gasteiger partial charge in [0.15, 0.2) is 0 Å². The molecule has 1 aliphatic heterocycles. The summed E-state index contributed by atoms with van der Waals surface area (Å²) >= 11 is 1.31. The molecule has 1 fully saturated rings. The van der Waals surface area contributed by atoms with Crippen molar-refractivity contribution >= 4 is 29.3 Å². The highest BCUT2D eigenvalue weighted by atomic mass is 32.2. The van der Waals surface area contributed by atoms with E-state index in [-0.39, 0.29) is 31.1 Å². The van der Waals surface area contributed by atoms with E-state index < -0.39 is 23.4 Å². The molecule has 1 saturated carbocycles. The molecule has 4 nitrogen and oxygen atoms in total. The van der Waals surface area contributed by atoms with Gasteiger partial charge in [0.25, 0.3) is 0 Å². The summed E-state index contributed by atoms with van der Waals surface area (Å²) in [5.41, 5.74) is 0.717. The van der Waals surface area contributed by atoms with E-state index in [1.807, 2.05) is 18.2 Å². The zero-order valence-electron chi connectivity index (χ0n) is 13.4. The van der Waals surface area contributed by atoms with Crippen molar-refractivity contribution in [3.63, 3.8) is 0 Å². The van der Waals surface area contributed by atoms with Crippen LogP contribution in [0.25, 0.3) is 0 Å². The molecule has 3 atom stereocenters. The molecule has 0 radical (unpaired) electrons. The van der Waals surface area contributed by atoms with E-state index >= 15 is 0 Å². The minimum atomic E-state index is -4.22. The van der Waals surface area contributed by atoms with E-state index in [2.05, 4.69) is 10.6 Å². The van der Waals surface area contributed by atoms with Crippen molar-refractivity contribution in [2.45, 2.75) is 54.5 Å². The minimum absolute atomic E-state index is 0.0436. The first-order chi connectivity index (χ1) is 11.8. The number of fused-ring (bicyclic) bond motifs is 1. The zero-order valence-corrected chi connectivity index (χ0v) is 14.3. The van der Waals surface area contributed by atoms with Crippen LogP contribution in [0.3, 0.4) is 0 Å². The van der Waals surface area contributed by atoms with Gasteiger partial charge in [0.2, 0.25) is 11.8 Å². The van der Waals surface area contributed by atoms with E-state index in [0.29, 0.717) is 12.8 Å². The first kappa shape index (κ1) is 18.1. The van der Waals surface area contributed by atoms with Crippen LogP contribution >= 0.6 is 11.8 Å². The summed E-state index contributed by atoms with van der Waals surface area (Å²) < 4.78 is 38.5. The number of anilines is 1. The number of amides is 2. The maximum Gasteiger partial charge on any atom is 0.391 e. The Hall–Kier alpha value is -1.70. The zero-order chi connectivity index (χ0) is 18.0. The van der Waals surface area contributed by atoms with Gasteiger partial charge in [-0.05, 0) is 31.4 Å². The Morgan fingerprint density at radius 1 is 1.28 bits per heavy atom. The third-order valence-corrected chi connectivity index (χ3v) is 5.85. The number of rotatable bonds is 3. The van der Waals surface area contributed by atoms with Crippen molar-refractivity contribution in [2.75, 3.05) is 5.32 Å². The van der Waals surface area contributed by atoms with E-state index in [0.717, 1.165) is 10.6 Å². The van der Waals surface area contributed by atoms with Crippen LogP contribution in [0.1, 0.15) is 32.1 Å². The first-order valence-corrected chi connectivity index (χ1v) is 9.13. The number of benzene rings is 1. The van der Waals surface area contributed by atoms with Gasteiger partial charge >= 0.3 is 6.18 Å². The molecule has 1 aromatic rings. The van der Waals surface area contributed by atoms with Crippen LogP contribution in [0.5, 0.6) is 0 Å². The Labute approximate surface area is 147 Å². The summed E-state index contributed by atoms with van der Waals surface area (Å²) in [7, 11) is 0. The monoisotopic (exact) mass is 372 g/mol. The molecule has 1 heterocycles. The third kappa shape index (κ3) is 4.48. The van der Waals surface area contributed by atoms with Crippen molar-refractivity contribution in [3.05, 3.63) is 24.3 Å². The van der Waals surface area contributed by atoms with Gasteiger partial charge in [0.1, 0.15) is 0 Å². The van der Waals surface area contributed by atoms with Crippen molar-refractivity contribution in [3.8, 4) is 0 Å². The first-order valence-electron chi connectivity index (χ1n) is 8.25. The summed E-state index contributed by atoms with van der Waals surface area (Å²) in [6, 6.07) is 6.83. The molecule has 136 valence electrons. The summed E-state index contributed by atoms with van der Waals surface area (Å²) in [4.78, 5) is 25.2. The largest absolute Gasteiger partial charge is 0.391 e. The predicted molar refractivity (Wildman–Crippen MR) is 89.3 cm³/mol. The van der Waals surface area contributed by atoms with Gasteiger partial charge < -0.3 is 10.6 Å². The Morgan fingerprint density at radius 2 is 2.04 bits per heavy atom. The fraction of sp³-hybridized carbons (Fsp3) is 0.529. The smallest absolute Gasteiger partial charge is 0.353 e. The van der Waals surface area contributed by atoms with Gasteiger partial charge in [-0.25, -0.2) is 0 Å². The average Bonchev–Trinajstić information content (AvgIpc) is 2.55. The van der Waals surface area contributed by atoms with Gasteiger partial charge in [-0.3, -0.25) is 9.59 Å². The average molecular weight is 372 g/mol. The number of thioether (sulfide) groups is 1. The van der Waals surface area contributed by atoms with Gasteiger partial charge in [-0.15, -0.1) is 11.8 Å². The molecule has 2 N–H and O–H groups in total. The number of carbonyl (C=O) groups excluding carboxylic acids is 2. The fourth-order valence-corrected chi connectivity index (χ4v) is 4.41. The van der Waals surface area contributed by atoms with Crippen molar-refractivity contribution in [1.82, 2.24) is 5.32 Å². The van der Waals surface area contributed by atoms with Gasteiger partial charge in [-0.1, -0.05) is 18.6 Å². The number of hydrogen-bond acceptors (Lipinski definition) is 3. The second kappa shape index (κ2) is 7.27. The normalized spacial score (nSPS) is 26.5. The van der Waals surface area contributed by atoms with Crippen LogP contribution in [-0.4, -0.2) is 29.3 Å². The molecule has 0 unspecified atom stereocenters. The van der Waals surface area contributed by atoms with Gasteiger partial charge in [0, 0.05) is 17.4 Å². The number of para-hydroxylation sites is 1. The van der Waals surface area contributed by atoms with Crippen LogP contribution in [-0.2, 0) is 9.59 Å². The standard InChI is InChI=1S/C17H19F3N2O2S/c18-17(19,20)10-4-3-5-11(8-10)21-15(23)9-14-16(24)22-12-6-1-2-7-13(12)25-14/h1-2,6-7,10-11,14H,3-5,8-9H2,(H,21,23)(H,22,24)/t10-,11+,14-/m0/s1. The maximum atomic E-state index is 12.8. The van der Waals surface area contributed by atoms with Gasteiger partial charge in [0.05, 0.1) is 16.9 Å². The molecule has 8 heteroatoms. The number of alkyl halides is 3. The van der Waals surface area contributed by atoms with E-state index in [1.165, 1.54) is 11.8 Å². The highest BCUT2D eigenvalue weighted by Crippen LogP contribution is 2.38. The minimum Gasteiger partial charge on any atom is -0.353 e. The van der Waals surface area contributed by atoms with E-state index in [9.17, 15) is 22.8 Å². The molecule has 1 aromatic carbocycles. The number of nitrogens with one attached hydrogen (secondary N) is 2. The lowest BCUT2D eigenvalue weighted by Crippen LogP contribution is -2.43. The van der Waals surface area contributed by atoms with Gasteiger partial charge in [-0.2, -0.15) is 13.2 Å². The number of halogens is 3. The molecule has 2 aliphatic rings. The highest BCUT2D eigenvalue weighted by molar-refractivity contribution is 8.01. The second-order valence-corrected chi connectivity index (χ2v) is 7.71. The lowest BCUT2D eigenvalue weighted by atomic mass is 9.85. The summed E-state index contributed by atoms with van der Waals surface area (Å²) in [6.07, 6.45) is -3.23. The SMILES string of the molecule is O=C(C[C@@H]1Sc2ccccc2NC1=O)N[C@@H]1CCC[C@H](C(F)(F)F)C1. The number of carbonyl (C=O) groups is 2. The Balaban J connectivity index is 1.55. The fourth-order valence-electron chi connectivity index (χ4n) is 3.30. The molecule has 1 aliphatic carbocycles. The molecular formula is C17H19F3N2O2S. The second-order valence-electron chi connectivity index (χ2n) is 6.47. The summed E-state index contributed by atoms with van der Waals surface area (Å²) in [5.74, 6) is -1.98. The highest BCUT2D eigenvalue weighted by Gasteiger charge is 2.42. The molecule has 3 rings (SSSR count). The summed E-state index contributed by atoms with van der Waals surface area (Å²) in [6.45, 7) is 0. The van der Waals surface area contributed by atoms with Crippen LogP contribution in [0, 0.1) is 5.92 Å². The van der Waals surface area contributed by atoms with Crippen LogP contribution in [0.4, 0.5) is 18.9 Å². The number of hydrogen-bond donors (Lipinski definition) is 2. The van der Waals surface area contributed by atoms with Crippen molar-refractivity contribution in [2.24, 2.45) is 5.92 Å². The van der Waals surface area contributed by atoms with Crippen molar-refractivity contribution in [1.29, 1.82) is 0 Å². The van der Waals surface area contributed by atoms with E-state index in [4.69, 9.17) is 0 Å². The molecule has 0 saturated heterocycles. The quantitative estimate of drug-likeness (QED) is 0.850. The van der Waals surface area contributed by atoms with Crippen LogP contribution in [0.15, 0.2) is 29.2 Å². The molecule has 0 spiro atoms. The Kier molecular flexibility index (Phi) is 5.27. The topological polar surface area (TPSA) is 58.2 Å². The molecule has 0 aromatic heterocycles. The van der Waals surface area contributed by atoms with Crippen LogP contribution < -0.4 is 10.6 Å². The Morgan fingerprint density at radius 3 is 2.80 bits per heavy atom. The lowest BCUT2D eigenvalue weighted by molar-refractivity contribution is -0.184. The molecule has 2 amide bonds. The third-order valence-electron chi connectivity index (χ3n) is 4.58. The predicted octanol–water partition coefficient (Wildman–Crippen LogP) is 3.73. The Bertz CT molecular complexity index is 666. The van der Waals surface area contributed by atoms with Crippen LogP contribution in [0.2, 0.25) is 0 Å². The molecular weight excluding hydrogens is 353 g/mol.